The normalized spacial score (nSPS) is 14.0. The molecule has 1 fully saturated rings. The second kappa shape index (κ2) is 6.64. The molecule has 1 aliphatic heterocycles. The van der Waals surface area contributed by atoms with Crippen molar-refractivity contribution in [3.8, 4) is 5.75 Å². The molecule has 0 unspecified atom stereocenters. The number of nitro benzene ring substituents is 1. The highest BCUT2D eigenvalue weighted by Crippen LogP contribution is 2.23. The molecule has 0 radical (unpaired) electrons. The second-order valence-corrected chi connectivity index (χ2v) is 5.69. The predicted molar refractivity (Wildman–Crippen MR) is 87.8 cm³/mol. The van der Waals surface area contributed by atoms with Crippen LogP contribution < -0.4 is 9.64 Å². The fraction of sp³-hybridized carbons (Fsp3) is 0.353. The fourth-order valence-corrected chi connectivity index (χ4v) is 2.77. The Bertz CT molecular complexity index is 695. The topological polar surface area (TPSA) is 68.5 Å². The molecule has 0 atom stereocenters. The number of ether oxygens (including phenoxy) is 1. The summed E-state index contributed by atoms with van der Waals surface area (Å²) in [5, 5.41) is 10.6. The van der Waals surface area contributed by atoms with Gasteiger partial charge in [0.2, 0.25) is 0 Å². The maximum atomic E-state index is 10.6. The maximum Gasteiger partial charge on any atom is 0.269 e. The summed E-state index contributed by atoms with van der Waals surface area (Å²) in [4.78, 5) is 17.1. The Kier molecular flexibility index (Phi) is 4.41. The monoisotopic (exact) mass is 313 g/mol. The highest BCUT2D eigenvalue weighted by molar-refractivity contribution is 5.49. The number of pyridine rings is 1. The van der Waals surface area contributed by atoms with E-state index in [0.717, 1.165) is 24.5 Å². The first-order chi connectivity index (χ1) is 11.1. The molecule has 1 aromatic carbocycles. The minimum Gasteiger partial charge on any atom is -0.487 e. The van der Waals surface area contributed by atoms with Gasteiger partial charge in [-0.25, -0.2) is 0 Å². The molecule has 2 aromatic rings. The summed E-state index contributed by atoms with van der Waals surface area (Å²) in [6.07, 6.45) is 2.46. The molecular weight excluding hydrogens is 294 g/mol. The van der Waals surface area contributed by atoms with Gasteiger partial charge in [0.15, 0.2) is 0 Å². The van der Waals surface area contributed by atoms with Gasteiger partial charge in [-0.2, -0.15) is 0 Å². The van der Waals surface area contributed by atoms with Gasteiger partial charge in [-0.1, -0.05) is 0 Å². The van der Waals surface area contributed by atoms with Crippen LogP contribution in [-0.2, 0) is 6.61 Å². The molecule has 6 heteroatoms. The van der Waals surface area contributed by atoms with Crippen LogP contribution in [0.3, 0.4) is 0 Å². The molecular formula is C17H19N3O3. The summed E-state index contributed by atoms with van der Waals surface area (Å²) in [5.41, 5.74) is 3.08. The molecule has 0 N–H and O–H groups in total. The number of benzene rings is 1. The molecule has 120 valence electrons. The van der Waals surface area contributed by atoms with Crippen molar-refractivity contribution in [3.05, 3.63) is 57.9 Å². The molecule has 1 saturated heterocycles. The number of hydrogen-bond donors (Lipinski definition) is 0. The third-order valence-electron chi connectivity index (χ3n) is 3.90. The number of hydrogen-bond acceptors (Lipinski definition) is 5. The Hall–Kier alpha value is -2.63. The number of anilines is 1. The number of rotatable bonds is 5. The lowest BCUT2D eigenvalue weighted by Crippen LogP contribution is -2.18. The lowest BCUT2D eigenvalue weighted by atomic mass is 10.2. The van der Waals surface area contributed by atoms with E-state index in [-0.39, 0.29) is 5.69 Å². The summed E-state index contributed by atoms with van der Waals surface area (Å²) in [6.45, 7) is 4.51. The van der Waals surface area contributed by atoms with Crippen molar-refractivity contribution in [1.29, 1.82) is 0 Å². The standard InChI is InChI=1S/C17H19N3O3/c1-13-10-16(19-8-2-3-9-19)11-14(18-13)12-23-17-6-4-15(5-7-17)20(21)22/h4-7,10-11H,2-3,8-9,12H2,1H3. The molecule has 0 aliphatic carbocycles. The van der Waals surface area contributed by atoms with E-state index in [1.807, 2.05) is 6.92 Å². The highest BCUT2D eigenvalue weighted by atomic mass is 16.6. The molecule has 3 rings (SSSR count). The van der Waals surface area contributed by atoms with Gasteiger partial charge in [0.25, 0.3) is 5.69 Å². The van der Waals surface area contributed by atoms with Crippen molar-refractivity contribution in [2.24, 2.45) is 0 Å². The summed E-state index contributed by atoms with van der Waals surface area (Å²) in [5.74, 6) is 0.599. The Morgan fingerprint density at radius 3 is 2.57 bits per heavy atom. The number of non-ortho nitro benzene ring substituents is 1. The van der Waals surface area contributed by atoms with Gasteiger partial charge in [0, 0.05) is 36.6 Å². The van der Waals surface area contributed by atoms with E-state index < -0.39 is 4.92 Å². The van der Waals surface area contributed by atoms with Gasteiger partial charge in [-0.15, -0.1) is 0 Å². The van der Waals surface area contributed by atoms with Crippen molar-refractivity contribution >= 4 is 11.4 Å². The van der Waals surface area contributed by atoms with Gasteiger partial charge in [-0.05, 0) is 44.0 Å². The average Bonchev–Trinajstić information content (AvgIpc) is 3.07. The largest absolute Gasteiger partial charge is 0.487 e. The lowest BCUT2D eigenvalue weighted by Gasteiger charge is -2.19. The molecule has 0 spiro atoms. The van der Waals surface area contributed by atoms with Crippen molar-refractivity contribution in [2.45, 2.75) is 26.4 Å². The van der Waals surface area contributed by atoms with Crippen LogP contribution in [0.25, 0.3) is 0 Å². The van der Waals surface area contributed by atoms with Crippen LogP contribution >= 0.6 is 0 Å². The van der Waals surface area contributed by atoms with Gasteiger partial charge in [0.05, 0.1) is 10.6 Å². The zero-order valence-electron chi connectivity index (χ0n) is 13.1. The van der Waals surface area contributed by atoms with Crippen molar-refractivity contribution in [1.82, 2.24) is 4.98 Å². The molecule has 2 heterocycles. The van der Waals surface area contributed by atoms with E-state index in [9.17, 15) is 10.1 Å². The fourth-order valence-electron chi connectivity index (χ4n) is 2.77. The first-order valence-corrected chi connectivity index (χ1v) is 7.71. The van der Waals surface area contributed by atoms with E-state index in [2.05, 4.69) is 22.0 Å². The minimum absolute atomic E-state index is 0.0577. The third-order valence-corrected chi connectivity index (χ3v) is 3.90. The Labute approximate surface area is 134 Å². The summed E-state index contributed by atoms with van der Waals surface area (Å²) in [6, 6.07) is 10.2. The lowest BCUT2D eigenvalue weighted by molar-refractivity contribution is -0.384. The Morgan fingerprint density at radius 2 is 1.91 bits per heavy atom. The minimum atomic E-state index is -0.422. The van der Waals surface area contributed by atoms with Gasteiger partial charge >= 0.3 is 0 Å². The van der Waals surface area contributed by atoms with Gasteiger partial charge in [-0.3, -0.25) is 15.1 Å². The Balaban J connectivity index is 1.68. The number of nitro groups is 1. The van der Waals surface area contributed by atoms with Crippen LogP contribution in [0.2, 0.25) is 0 Å². The molecule has 23 heavy (non-hydrogen) atoms. The number of aromatic nitrogens is 1. The maximum absolute atomic E-state index is 10.6. The third kappa shape index (κ3) is 3.77. The SMILES string of the molecule is Cc1cc(N2CCCC2)cc(COc2ccc([N+](=O)[O-])cc2)n1. The van der Waals surface area contributed by atoms with Gasteiger partial charge in [0.1, 0.15) is 12.4 Å². The zero-order valence-corrected chi connectivity index (χ0v) is 13.1. The van der Waals surface area contributed by atoms with Crippen LogP contribution in [0.5, 0.6) is 5.75 Å². The first-order valence-electron chi connectivity index (χ1n) is 7.71. The van der Waals surface area contributed by atoms with Crippen LogP contribution in [0.15, 0.2) is 36.4 Å². The van der Waals surface area contributed by atoms with E-state index >= 15 is 0 Å². The van der Waals surface area contributed by atoms with E-state index in [4.69, 9.17) is 4.74 Å². The van der Waals surface area contributed by atoms with Crippen LogP contribution in [0.1, 0.15) is 24.2 Å². The molecule has 1 aliphatic rings. The molecule has 0 amide bonds. The predicted octanol–water partition coefficient (Wildman–Crippen LogP) is 3.48. The summed E-state index contributed by atoms with van der Waals surface area (Å²) in [7, 11) is 0. The summed E-state index contributed by atoms with van der Waals surface area (Å²) < 4.78 is 5.70. The highest BCUT2D eigenvalue weighted by Gasteiger charge is 2.14. The number of nitrogens with zero attached hydrogens (tertiary/aromatic N) is 3. The van der Waals surface area contributed by atoms with E-state index in [1.165, 1.54) is 30.7 Å². The zero-order chi connectivity index (χ0) is 16.2. The van der Waals surface area contributed by atoms with Crippen LogP contribution in [0, 0.1) is 17.0 Å². The molecule has 0 saturated carbocycles. The van der Waals surface area contributed by atoms with Crippen molar-refractivity contribution < 1.29 is 9.66 Å². The van der Waals surface area contributed by atoms with Crippen LogP contribution in [0.4, 0.5) is 11.4 Å². The van der Waals surface area contributed by atoms with Gasteiger partial charge < -0.3 is 9.64 Å². The summed E-state index contributed by atoms with van der Waals surface area (Å²) >= 11 is 0. The first kappa shape index (κ1) is 15.3. The van der Waals surface area contributed by atoms with Crippen molar-refractivity contribution in [2.75, 3.05) is 18.0 Å². The molecule has 6 nitrogen and oxygen atoms in total. The molecule has 0 bridgehead atoms. The van der Waals surface area contributed by atoms with Crippen molar-refractivity contribution in [3.63, 3.8) is 0 Å². The van der Waals surface area contributed by atoms with E-state index in [0.29, 0.717) is 12.4 Å². The molecule has 1 aromatic heterocycles. The Morgan fingerprint density at radius 1 is 1.22 bits per heavy atom. The van der Waals surface area contributed by atoms with Crippen LogP contribution in [-0.4, -0.2) is 23.0 Å². The van der Waals surface area contributed by atoms with E-state index in [1.54, 1.807) is 12.1 Å². The quantitative estimate of drug-likeness (QED) is 0.624. The average molecular weight is 313 g/mol. The number of aryl methyl sites for hydroxylation is 1. The smallest absolute Gasteiger partial charge is 0.269 e. The second-order valence-electron chi connectivity index (χ2n) is 5.69.